The molecule has 8 heteroatoms. The van der Waals surface area contributed by atoms with Gasteiger partial charge in [-0.1, -0.05) is 25.4 Å². The number of benzene rings is 1. The van der Waals surface area contributed by atoms with E-state index in [0.717, 1.165) is 32.0 Å². The largest absolute Gasteiger partial charge is 0.376 e. The summed E-state index contributed by atoms with van der Waals surface area (Å²) in [6, 6.07) is 5.79. The fourth-order valence-electron chi connectivity index (χ4n) is 2.06. The van der Waals surface area contributed by atoms with Gasteiger partial charge >= 0.3 is 0 Å². The van der Waals surface area contributed by atoms with E-state index >= 15 is 0 Å². The first kappa shape index (κ1) is 19.5. The third kappa shape index (κ3) is 5.56. The highest BCUT2D eigenvalue weighted by atomic mass is 35.5. The van der Waals surface area contributed by atoms with E-state index in [1.165, 1.54) is 18.3 Å². The number of rotatable bonds is 8. The molecule has 0 bridgehead atoms. The van der Waals surface area contributed by atoms with Crippen LogP contribution in [0.2, 0.25) is 5.02 Å². The number of nitro groups is 1. The Balaban J connectivity index is 2.97. The molecule has 0 aliphatic carbocycles. The van der Waals surface area contributed by atoms with Crippen molar-refractivity contribution >= 4 is 28.9 Å². The van der Waals surface area contributed by atoms with Crippen molar-refractivity contribution in [3.63, 3.8) is 0 Å². The molecule has 0 saturated heterocycles. The Morgan fingerprint density at radius 1 is 1.42 bits per heavy atom. The van der Waals surface area contributed by atoms with Gasteiger partial charge in [0, 0.05) is 31.0 Å². The number of amides is 1. The molecule has 0 radical (unpaired) electrons. The van der Waals surface area contributed by atoms with Crippen molar-refractivity contribution in [1.82, 2.24) is 4.90 Å². The molecule has 1 aromatic rings. The lowest BCUT2D eigenvalue weighted by atomic mass is 10.2. The molecule has 0 fully saturated rings. The molecule has 1 aromatic carbocycles. The Kier molecular flexibility index (Phi) is 7.72. The molecule has 128 valence electrons. The van der Waals surface area contributed by atoms with Gasteiger partial charge in [-0.05, 0) is 25.0 Å². The molecule has 7 nitrogen and oxygen atoms in total. The van der Waals surface area contributed by atoms with Gasteiger partial charge in [-0.2, -0.15) is 5.26 Å². The second-order valence-corrected chi connectivity index (χ2v) is 5.48. The summed E-state index contributed by atoms with van der Waals surface area (Å²) in [5.41, 5.74) is -0.167. The molecular formula is C16H19ClN4O3. The van der Waals surface area contributed by atoms with Crippen LogP contribution in [-0.4, -0.2) is 28.8 Å². The number of nitro benzene ring substituents is 1. The van der Waals surface area contributed by atoms with Gasteiger partial charge in [0.1, 0.15) is 16.7 Å². The molecule has 1 N–H and O–H groups in total. The number of nitrogens with zero attached hydrogens (tertiary/aromatic N) is 3. The molecule has 0 aromatic heterocycles. The number of hydrogen-bond acceptors (Lipinski definition) is 5. The van der Waals surface area contributed by atoms with Crippen molar-refractivity contribution in [2.75, 3.05) is 18.4 Å². The fourth-order valence-corrected chi connectivity index (χ4v) is 2.25. The standard InChI is InChI=1S/C16H19ClN4O3/c1-3-7-20(8-4-2)11-12(10-18)16(22)19-13-5-6-14(17)15(9-13)21(23)24/h5-6,9,11H,3-4,7-8H2,1-2H3,(H,19,22)/b12-11-. The van der Waals surface area contributed by atoms with Crippen molar-refractivity contribution in [3.05, 3.63) is 45.1 Å². The minimum absolute atomic E-state index is 0.0221. The van der Waals surface area contributed by atoms with E-state index in [1.54, 1.807) is 0 Å². The predicted octanol–water partition coefficient (Wildman–Crippen LogP) is 3.72. The van der Waals surface area contributed by atoms with E-state index in [1.807, 2.05) is 24.8 Å². The monoisotopic (exact) mass is 350 g/mol. The average molecular weight is 351 g/mol. The third-order valence-corrected chi connectivity index (χ3v) is 3.42. The van der Waals surface area contributed by atoms with Gasteiger partial charge in [0.15, 0.2) is 0 Å². The zero-order chi connectivity index (χ0) is 18.1. The zero-order valence-corrected chi connectivity index (χ0v) is 14.3. The summed E-state index contributed by atoms with van der Waals surface area (Å²) in [7, 11) is 0. The Bertz CT molecular complexity index is 676. The lowest BCUT2D eigenvalue weighted by molar-refractivity contribution is -0.384. The third-order valence-electron chi connectivity index (χ3n) is 3.10. The van der Waals surface area contributed by atoms with E-state index in [0.29, 0.717) is 0 Å². The van der Waals surface area contributed by atoms with Crippen LogP contribution in [0.15, 0.2) is 30.0 Å². The normalized spacial score (nSPS) is 10.8. The molecule has 24 heavy (non-hydrogen) atoms. The quantitative estimate of drug-likeness (QED) is 0.333. The van der Waals surface area contributed by atoms with Gasteiger partial charge in [0.25, 0.3) is 11.6 Å². The van der Waals surface area contributed by atoms with Crippen LogP contribution in [0, 0.1) is 21.4 Å². The first-order valence-electron chi connectivity index (χ1n) is 7.54. The van der Waals surface area contributed by atoms with Gasteiger partial charge in [0.05, 0.1) is 4.92 Å². The smallest absolute Gasteiger partial charge is 0.289 e. The lowest BCUT2D eigenvalue weighted by Gasteiger charge is -2.19. The van der Waals surface area contributed by atoms with Crippen molar-refractivity contribution in [1.29, 1.82) is 5.26 Å². The van der Waals surface area contributed by atoms with Gasteiger partial charge in [-0.15, -0.1) is 0 Å². The summed E-state index contributed by atoms with van der Waals surface area (Å²) in [6.45, 7) is 5.49. The number of hydrogen-bond donors (Lipinski definition) is 1. The first-order chi connectivity index (χ1) is 11.4. The summed E-state index contributed by atoms with van der Waals surface area (Å²) in [4.78, 5) is 24.4. The molecule has 0 saturated carbocycles. The van der Waals surface area contributed by atoms with Crippen LogP contribution >= 0.6 is 11.6 Å². The highest BCUT2D eigenvalue weighted by Crippen LogP contribution is 2.27. The van der Waals surface area contributed by atoms with Crippen molar-refractivity contribution < 1.29 is 9.72 Å². The van der Waals surface area contributed by atoms with E-state index in [-0.39, 0.29) is 22.0 Å². The predicted molar refractivity (Wildman–Crippen MR) is 92.6 cm³/mol. The topological polar surface area (TPSA) is 99.3 Å². The summed E-state index contributed by atoms with van der Waals surface area (Å²) < 4.78 is 0. The Morgan fingerprint density at radius 2 is 2.04 bits per heavy atom. The number of anilines is 1. The number of carbonyl (C=O) groups excluding carboxylic acids is 1. The number of nitriles is 1. The maximum Gasteiger partial charge on any atom is 0.289 e. The van der Waals surface area contributed by atoms with Gasteiger partial charge in [-0.25, -0.2) is 0 Å². The lowest BCUT2D eigenvalue weighted by Crippen LogP contribution is -2.22. The molecule has 0 atom stereocenters. The molecule has 0 spiro atoms. The second kappa shape index (κ2) is 9.53. The highest BCUT2D eigenvalue weighted by molar-refractivity contribution is 6.32. The summed E-state index contributed by atoms with van der Waals surface area (Å²) in [6.07, 6.45) is 3.30. The first-order valence-corrected chi connectivity index (χ1v) is 7.92. The molecule has 0 aliphatic heterocycles. The molecule has 0 unspecified atom stereocenters. The fraction of sp³-hybridized carbons (Fsp3) is 0.375. The number of halogens is 1. The van der Waals surface area contributed by atoms with E-state index in [2.05, 4.69) is 5.32 Å². The number of carbonyl (C=O) groups is 1. The Hall–Kier alpha value is -2.59. The molecular weight excluding hydrogens is 332 g/mol. The van der Waals surface area contributed by atoms with Crippen LogP contribution in [-0.2, 0) is 4.79 Å². The van der Waals surface area contributed by atoms with Crippen LogP contribution in [0.25, 0.3) is 0 Å². The molecule has 1 amide bonds. The van der Waals surface area contributed by atoms with Crippen LogP contribution in [0.1, 0.15) is 26.7 Å². The van der Waals surface area contributed by atoms with Gasteiger partial charge < -0.3 is 10.2 Å². The van der Waals surface area contributed by atoms with Crippen LogP contribution in [0.5, 0.6) is 0 Å². The minimum Gasteiger partial charge on any atom is -0.376 e. The highest BCUT2D eigenvalue weighted by Gasteiger charge is 2.16. The minimum atomic E-state index is -0.636. The Morgan fingerprint density at radius 3 is 2.54 bits per heavy atom. The SMILES string of the molecule is CCCN(/C=C(/C#N)C(=O)Nc1ccc(Cl)c([N+](=O)[O-])c1)CCC. The molecule has 1 rings (SSSR count). The van der Waals surface area contributed by atoms with Crippen LogP contribution < -0.4 is 5.32 Å². The average Bonchev–Trinajstić information content (AvgIpc) is 2.54. The van der Waals surface area contributed by atoms with Crippen LogP contribution in [0.4, 0.5) is 11.4 Å². The van der Waals surface area contributed by atoms with Crippen molar-refractivity contribution in [2.24, 2.45) is 0 Å². The maximum atomic E-state index is 12.2. The van der Waals surface area contributed by atoms with E-state index in [4.69, 9.17) is 11.6 Å². The van der Waals surface area contributed by atoms with Crippen molar-refractivity contribution in [2.45, 2.75) is 26.7 Å². The van der Waals surface area contributed by atoms with E-state index in [9.17, 15) is 20.2 Å². The molecule has 0 aliphatic rings. The van der Waals surface area contributed by atoms with E-state index < -0.39 is 10.8 Å². The van der Waals surface area contributed by atoms with Crippen molar-refractivity contribution in [3.8, 4) is 6.07 Å². The number of nitrogens with one attached hydrogen (secondary N) is 1. The molecule has 0 heterocycles. The zero-order valence-electron chi connectivity index (χ0n) is 13.6. The summed E-state index contributed by atoms with van der Waals surface area (Å²) in [5.74, 6) is -0.619. The summed E-state index contributed by atoms with van der Waals surface area (Å²) in [5, 5.41) is 22.6. The van der Waals surface area contributed by atoms with Gasteiger partial charge in [-0.3, -0.25) is 14.9 Å². The van der Waals surface area contributed by atoms with Gasteiger partial charge in [0.2, 0.25) is 0 Å². The summed E-state index contributed by atoms with van der Waals surface area (Å²) >= 11 is 5.73. The maximum absolute atomic E-state index is 12.2. The second-order valence-electron chi connectivity index (χ2n) is 5.07. The van der Waals surface area contributed by atoms with Crippen LogP contribution in [0.3, 0.4) is 0 Å². The Labute approximate surface area is 145 Å².